The maximum absolute atomic E-state index is 12.1. The van der Waals surface area contributed by atoms with Crippen molar-refractivity contribution in [2.45, 2.75) is 6.92 Å². The third-order valence-electron chi connectivity index (χ3n) is 3.57. The molecular weight excluding hydrogens is 326 g/mol. The Morgan fingerprint density at radius 1 is 1.21 bits per heavy atom. The molecule has 1 heterocycles. The maximum Gasteiger partial charge on any atom is 0.275 e. The maximum atomic E-state index is 12.1. The highest BCUT2D eigenvalue weighted by atomic mass is 32.2. The first-order valence-corrected chi connectivity index (χ1v) is 8.36. The van der Waals surface area contributed by atoms with Crippen molar-refractivity contribution in [1.29, 1.82) is 0 Å². The molecule has 0 saturated carbocycles. The predicted molar refractivity (Wildman–Crippen MR) is 93.8 cm³/mol. The van der Waals surface area contributed by atoms with Crippen LogP contribution in [0.15, 0.2) is 53.2 Å². The summed E-state index contributed by atoms with van der Waals surface area (Å²) in [4.78, 5) is 37.0. The van der Waals surface area contributed by atoms with Crippen molar-refractivity contribution in [2.24, 2.45) is 5.10 Å². The number of ketones is 2. The molecule has 1 aliphatic heterocycles. The lowest BCUT2D eigenvalue weighted by Gasteiger charge is -2.18. The molecule has 0 spiro atoms. The third-order valence-corrected chi connectivity index (χ3v) is 4.53. The molecule has 0 unspecified atom stereocenters. The number of hydrazone groups is 1. The smallest absolute Gasteiger partial charge is 0.275 e. The van der Waals surface area contributed by atoms with Gasteiger partial charge in [-0.3, -0.25) is 14.4 Å². The van der Waals surface area contributed by atoms with Gasteiger partial charge in [0.05, 0.1) is 5.57 Å². The van der Waals surface area contributed by atoms with Crippen molar-refractivity contribution < 1.29 is 14.4 Å². The van der Waals surface area contributed by atoms with Gasteiger partial charge in [-0.2, -0.15) is 0 Å². The van der Waals surface area contributed by atoms with E-state index in [1.807, 2.05) is 36.1 Å². The van der Waals surface area contributed by atoms with E-state index in [1.54, 1.807) is 0 Å². The minimum atomic E-state index is -0.679. The normalized spacial score (nSPS) is 19.0. The molecule has 2 aliphatic rings. The van der Waals surface area contributed by atoms with Gasteiger partial charge in [0, 0.05) is 24.1 Å². The van der Waals surface area contributed by atoms with Gasteiger partial charge in [-0.25, -0.2) is 5.43 Å². The van der Waals surface area contributed by atoms with Crippen molar-refractivity contribution in [3.63, 3.8) is 0 Å². The molecule has 0 atom stereocenters. The Morgan fingerprint density at radius 2 is 1.96 bits per heavy atom. The lowest BCUT2D eigenvalue weighted by molar-refractivity contribution is -0.122. The second-order valence-corrected chi connectivity index (χ2v) is 6.39. The number of amides is 1. The molecule has 1 amide bonds. The number of hydrogen-bond donors (Lipinski definition) is 1. The summed E-state index contributed by atoms with van der Waals surface area (Å²) in [5, 5.41) is 4.77. The molecule has 1 saturated heterocycles. The molecule has 24 heavy (non-hydrogen) atoms. The Kier molecular flexibility index (Phi) is 4.61. The highest BCUT2D eigenvalue weighted by molar-refractivity contribution is 8.14. The second-order valence-electron chi connectivity index (χ2n) is 5.33. The molecule has 1 aliphatic carbocycles. The number of nitrogens with zero attached hydrogens (tertiary/aromatic N) is 2. The molecule has 0 bridgehead atoms. The van der Waals surface area contributed by atoms with Crippen molar-refractivity contribution in [3.8, 4) is 0 Å². The number of thioether (sulfide) groups is 1. The summed E-state index contributed by atoms with van der Waals surface area (Å²) < 4.78 is 0. The summed E-state index contributed by atoms with van der Waals surface area (Å²) >= 11 is 1.52. The van der Waals surface area contributed by atoms with Crippen LogP contribution < -0.4 is 10.3 Å². The number of carbonyl (C=O) groups excluding carboxylic acids is 3. The second kappa shape index (κ2) is 6.84. The molecule has 122 valence electrons. The van der Waals surface area contributed by atoms with Crippen molar-refractivity contribution in [1.82, 2.24) is 5.43 Å². The fraction of sp³-hybridized carbons (Fsp3) is 0.176. The number of anilines is 1. The molecule has 1 N–H and O–H groups in total. The molecular formula is C17H15N3O3S. The minimum absolute atomic E-state index is 0.197. The van der Waals surface area contributed by atoms with Crippen LogP contribution in [0, 0.1) is 6.92 Å². The fourth-order valence-corrected chi connectivity index (χ4v) is 3.22. The summed E-state index contributed by atoms with van der Waals surface area (Å²) in [5.41, 5.74) is 4.33. The summed E-state index contributed by atoms with van der Waals surface area (Å²) in [6, 6.07) is 8.01. The number of hydrogen-bond acceptors (Lipinski definition) is 5. The van der Waals surface area contributed by atoms with Gasteiger partial charge in [0.1, 0.15) is 0 Å². The fourth-order valence-electron chi connectivity index (χ4n) is 2.30. The number of amidine groups is 1. The molecule has 3 rings (SSSR count). The lowest BCUT2D eigenvalue weighted by atomic mass is 10.0. The van der Waals surface area contributed by atoms with E-state index in [-0.39, 0.29) is 11.4 Å². The average Bonchev–Trinajstić information content (AvgIpc) is 3.04. The van der Waals surface area contributed by atoms with Crippen LogP contribution >= 0.6 is 11.8 Å². The van der Waals surface area contributed by atoms with E-state index in [9.17, 15) is 14.4 Å². The highest BCUT2D eigenvalue weighted by Crippen LogP contribution is 2.25. The summed E-state index contributed by atoms with van der Waals surface area (Å²) in [7, 11) is 0. The topological polar surface area (TPSA) is 78.8 Å². The number of benzene rings is 1. The zero-order valence-corrected chi connectivity index (χ0v) is 13.8. The number of rotatable bonds is 3. The molecule has 0 aromatic heterocycles. The SMILES string of the molecule is Cc1ccc(N2CCS/C2=N/NC(=O)C2=CC(=O)C=CC2=O)cc1. The molecule has 7 heteroatoms. The standard InChI is InChI=1S/C17H15N3O3S/c1-11-2-4-12(5-3-11)20-8-9-24-17(20)19-18-16(23)14-10-13(21)6-7-15(14)22/h2-7,10H,8-9H2,1H3,(H,18,23)/b19-17+. The number of carbonyl (C=O) groups is 3. The molecule has 1 aromatic rings. The van der Waals surface area contributed by atoms with Gasteiger partial charge in [0.2, 0.25) is 0 Å². The summed E-state index contributed by atoms with van der Waals surface area (Å²) in [6.07, 6.45) is 3.25. The Labute approximate surface area is 143 Å². The van der Waals surface area contributed by atoms with Gasteiger partial charge >= 0.3 is 0 Å². The average molecular weight is 341 g/mol. The molecule has 1 fully saturated rings. The van der Waals surface area contributed by atoms with Gasteiger partial charge in [0.15, 0.2) is 16.7 Å². The zero-order chi connectivity index (χ0) is 17.1. The highest BCUT2D eigenvalue weighted by Gasteiger charge is 2.23. The monoisotopic (exact) mass is 341 g/mol. The van der Waals surface area contributed by atoms with E-state index in [2.05, 4.69) is 10.5 Å². The Bertz CT molecular complexity index is 794. The van der Waals surface area contributed by atoms with E-state index in [4.69, 9.17) is 0 Å². The van der Waals surface area contributed by atoms with Gasteiger partial charge < -0.3 is 4.90 Å². The largest absolute Gasteiger partial charge is 0.319 e. The zero-order valence-electron chi connectivity index (χ0n) is 13.0. The van der Waals surface area contributed by atoms with Gasteiger partial charge in [-0.05, 0) is 31.2 Å². The van der Waals surface area contributed by atoms with Crippen LogP contribution in [0.5, 0.6) is 0 Å². The van der Waals surface area contributed by atoms with Crippen LogP contribution in [-0.2, 0) is 14.4 Å². The van der Waals surface area contributed by atoms with Crippen LogP contribution in [0.3, 0.4) is 0 Å². The van der Waals surface area contributed by atoms with Gasteiger partial charge in [-0.1, -0.05) is 29.5 Å². The van der Waals surface area contributed by atoms with Crippen molar-refractivity contribution in [2.75, 3.05) is 17.2 Å². The van der Waals surface area contributed by atoms with Crippen LogP contribution in [0.25, 0.3) is 0 Å². The van der Waals surface area contributed by atoms with Gasteiger partial charge in [-0.15, -0.1) is 5.10 Å². The Morgan fingerprint density at radius 3 is 2.71 bits per heavy atom. The Balaban J connectivity index is 1.73. The summed E-state index contributed by atoms with van der Waals surface area (Å²) in [6.45, 7) is 2.80. The first-order chi connectivity index (χ1) is 11.5. The number of nitrogens with one attached hydrogen (secondary N) is 1. The lowest BCUT2D eigenvalue weighted by Crippen LogP contribution is -2.30. The first-order valence-electron chi connectivity index (χ1n) is 7.38. The van der Waals surface area contributed by atoms with Crippen LogP contribution in [0.4, 0.5) is 5.69 Å². The number of allylic oxidation sites excluding steroid dienone is 3. The van der Waals surface area contributed by atoms with Crippen molar-refractivity contribution in [3.05, 3.63) is 53.6 Å². The van der Waals surface area contributed by atoms with Crippen LogP contribution in [-0.4, -0.2) is 34.9 Å². The molecule has 1 aromatic carbocycles. The van der Waals surface area contributed by atoms with Crippen molar-refractivity contribution >= 4 is 40.1 Å². The molecule has 6 nitrogen and oxygen atoms in total. The summed E-state index contributed by atoms with van der Waals surface area (Å²) in [5.74, 6) is -0.710. The van der Waals surface area contributed by atoms with Crippen LogP contribution in [0.1, 0.15) is 5.56 Å². The van der Waals surface area contributed by atoms with E-state index < -0.39 is 11.7 Å². The predicted octanol–water partition coefficient (Wildman–Crippen LogP) is 1.57. The minimum Gasteiger partial charge on any atom is -0.319 e. The van der Waals surface area contributed by atoms with Crippen LogP contribution in [0.2, 0.25) is 0 Å². The van der Waals surface area contributed by atoms with E-state index in [0.29, 0.717) is 5.17 Å². The quantitative estimate of drug-likeness (QED) is 0.513. The van der Waals surface area contributed by atoms with E-state index in [0.717, 1.165) is 41.8 Å². The third kappa shape index (κ3) is 3.46. The van der Waals surface area contributed by atoms with E-state index in [1.165, 1.54) is 11.8 Å². The van der Waals surface area contributed by atoms with E-state index >= 15 is 0 Å². The number of aryl methyl sites for hydroxylation is 1. The first kappa shape index (κ1) is 16.2. The Hall–Kier alpha value is -2.67. The van der Waals surface area contributed by atoms with Gasteiger partial charge in [0.25, 0.3) is 5.91 Å². The molecule has 0 radical (unpaired) electrons.